The first kappa shape index (κ1) is 11.9. The number of nitrogen functional groups attached to an aromatic ring is 1. The molecule has 0 radical (unpaired) electrons. The van der Waals surface area contributed by atoms with Gasteiger partial charge in [0.05, 0.1) is 5.69 Å². The van der Waals surface area contributed by atoms with Crippen LogP contribution < -0.4 is 16.2 Å². The van der Waals surface area contributed by atoms with Crippen molar-refractivity contribution in [3.05, 3.63) is 53.8 Å². The highest BCUT2D eigenvalue weighted by Gasteiger charge is 2.05. The summed E-state index contributed by atoms with van der Waals surface area (Å²) < 4.78 is 18.4. The third-order valence-electron chi connectivity index (χ3n) is 2.34. The second-order valence-electron chi connectivity index (χ2n) is 3.67. The van der Waals surface area contributed by atoms with Gasteiger partial charge in [-0.05, 0) is 36.4 Å². The maximum absolute atomic E-state index is 13.0. The smallest absolute Gasteiger partial charge is 0.248 e. The van der Waals surface area contributed by atoms with Crippen LogP contribution in [-0.4, -0.2) is 5.91 Å². The molecule has 2 rings (SSSR count). The lowest BCUT2D eigenvalue weighted by Crippen LogP contribution is -2.10. The molecule has 0 aliphatic rings. The number of hydrogen-bond donors (Lipinski definition) is 2. The van der Waals surface area contributed by atoms with Crippen molar-refractivity contribution in [1.29, 1.82) is 0 Å². The van der Waals surface area contributed by atoms with E-state index in [0.29, 0.717) is 17.0 Å². The summed E-state index contributed by atoms with van der Waals surface area (Å²) >= 11 is 0. The van der Waals surface area contributed by atoms with Crippen molar-refractivity contribution < 1.29 is 13.9 Å². The fourth-order valence-electron chi connectivity index (χ4n) is 1.41. The maximum atomic E-state index is 13.0. The van der Waals surface area contributed by atoms with E-state index in [4.69, 9.17) is 16.2 Å². The van der Waals surface area contributed by atoms with Crippen molar-refractivity contribution in [3.8, 4) is 11.5 Å². The van der Waals surface area contributed by atoms with Crippen molar-refractivity contribution in [2.24, 2.45) is 5.73 Å². The number of rotatable bonds is 3. The molecule has 2 aromatic carbocycles. The van der Waals surface area contributed by atoms with E-state index in [1.807, 2.05) is 0 Å². The van der Waals surface area contributed by atoms with E-state index >= 15 is 0 Å². The second-order valence-corrected chi connectivity index (χ2v) is 3.67. The summed E-state index contributed by atoms with van der Waals surface area (Å²) in [6.07, 6.45) is 0. The minimum absolute atomic E-state index is 0.224. The van der Waals surface area contributed by atoms with Gasteiger partial charge in [-0.15, -0.1) is 0 Å². The van der Waals surface area contributed by atoms with Crippen molar-refractivity contribution in [2.75, 3.05) is 5.73 Å². The molecule has 0 heterocycles. The Morgan fingerprint density at radius 1 is 1.11 bits per heavy atom. The van der Waals surface area contributed by atoms with E-state index in [-0.39, 0.29) is 5.75 Å². The molecule has 18 heavy (non-hydrogen) atoms. The molecule has 0 aromatic heterocycles. The number of ether oxygens (including phenoxy) is 1. The highest BCUT2D eigenvalue weighted by atomic mass is 19.1. The highest BCUT2D eigenvalue weighted by Crippen LogP contribution is 2.28. The van der Waals surface area contributed by atoms with Gasteiger partial charge in [0.15, 0.2) is 5.75 Å². The summed E-state index contributed by atoms with van der Waals surface area (Å²) in [4.78, 5) is 10.9. The van der Waals surface area contributed by atoms with Gasteiger partial charge < -0.3 is 16.2 Å². The van der Waals surface area contributed by atoms with E-state index < -0.39 is 11.7 Å². The molecule has 0 saturated carbocycles. The lowest BCUT2D eigenvalue weighted by atomic mass is 10.2. The minimum atomic E-state index is -0.521. The highest BCUT2D eigenvalue weighted by molar-refractivity contribution is 5.92. The number of primary amides is 1. The Bertz CT molecular complexity index is 582. The van der Waals surface area contributed by atoms with E-state index in [1.54, 1.807) is 12.1 Å². The van der Waals surface area contributed by atoms with Crippen molar-refractivity contribution >= 4 is 11.6 Å². The number of halogens is 1. The van der Waals surface area contributed by atoms with Crippen LogP contribution in [0.2, 0.25) is 0 Å². The summed E-state index contributed by atoms with van der Waals surface area (Å²) in [7, 11) is 0. The Morgan fingerprint density at radius 3 is 2.39 bits per heavy atom. The summed E-state index contributed by atoms with van der Waals surface area (Å²) in [6, 6.07) is 10.0. The lowest BCUT2D eigenvalue weighted by Gasteiger charge is -2.08. The first-order chi connectivity index (χ1) is 8.56. The molecule has 0 aliphatic carbocycles. The predicted molar refractivity (Wildman–Crippen MR) is 65.8 cm³/mol. The van der Waals surface area contributed by atoms with Crippen LogP contribution in [0, 0.1) is 5.82 Å². The number of hydrogen-bond acceptors (Lipinski definition) is 3. The topological polar surface area (TPSA) is 78.3 Å². The van der Waals surface area contributed by atoms with Gasteiger partial charge in [0.1, 0.15) is 11.6 Å². The van der Waals surface area contributed by atoms with Gasteiger partial charge in [-0.25, -0.2) is 4.39 Å². The summed E-state index contributed by atoms with van der Waals surface area (Å²) in [5.74, 6) is -0.293. The van der Waals surface area contributed by atoms with Crippen LogP contribution >= 0.6 is 0 Å². The Morgan fingerprint density at radius 2 is 1.78 bits per heavy atom. The van der Waals surface area contributed by atoms with Crippen LogP contribution in [0.5, 0.6) is 11.5 Å². The van der Waals surface area contributed by atoms with Gasteiger partial charge in [-0.1, -0.05) is 0 Å². The Kier molecular flexibility index (Phi) is 3.14. The molecule has 4 N–H and O–H groups in total. The monoisotopic (exact) mass is 246 g/mol. The minimum Gasteiger partial charge on any atom is -0.455 e. The molecule has 92 valence electrons. The van der Waals surface area contributed by atoms with Crippen LogP contribution in [0.4, 0.5) is 10.1 Å². The zero-order valence-corrected chi connectivity index (χ0v) is 9.39. The molecule has 0 spiro atoms. The van der Waals surface area contributed by atoms with Crippen LogP contribution in [0.3, 0.4) is 0 Å². The molecule has 0 atom stereocenters. The van der Waals surface area contributed by atoms with Gasteiger partial charge >= 0.3 is 0 Å². The van der Waals surface area contributed by atoms with Crippen LogP contribution in [-0.2, 0) is 0 Å². The standard InChI is InChI=1S/C13H11FN2O2/c14-9-3-6-11(15)12(7-9)18-10-4-1-8(2-5-10)13(16)17/h1-7H,15H2,(H2,16,17). The molecular weight excluding hydrogens is 235 g/mol. The maximum Gasteiger partial charge on any atom is 0.248 e. The average molecular weight is 246 g/mol. The first-order valence-electron chi connectivity index (χ1n) is 5.19. The van der Waals surface area contributed by atoms with Gasteiger partial charge in [-0.2, -0.15) is 0 Å². The second kappa shape index (κ2) is 4.75. The number of anilines is 1. The SMILES string of the molecule is NC(=O)c1ccc(Oc2cc(F)ccc2N)cc1. The van der Waals surface area contributed by atoms with Crippen molar-refractivity contribution in [1.82, 2.24) is 0 Å². The number of carbonyl (C=O) groups excluding carboxylic acids is 1. The molecule has 0 aliphatic heterocycles. The lowest BCUT2D eigenvalue weighted by molar-refractivity contribution is 0.100. The van der Waals surface area contributed by atoms with Gasteiger partial charge in [-0.3, -0.25) is 4.79 Å². The van der Waals surface area contributed by atoms with Crippen molar-refractivity contribution in [2.45, 2.75) is 0 Å². The number of nitrogens with two attached hydrogens (primary N) is 2. The summed E-state index contributed by atoms with van der Waals surface area (Å²) in [6.45, 7) is 0. The molecule has 0 saturated heterocycles. The molecule has 0 fully saturated rings. The van der Waals surface area contributed by atoms with Gasteiger partial charge in [0.2, 0.25) is 5.91 Å². The largest absolute Gasteiger partial charge is 0.455 e. The summed E-state index contributed by atoms with van der Waals surface area (Å²) in [5.41, 5.74) is 11.5. The third kappa shape index (κ3) is 2.57. The molecule has 5 heteroatoms. The third-order valence-corrected chi connectivity index (χ3v) is 2.34. The van der Waals surface area contributed by atoms with Crippen LogP contribution in [0.25, 0.3) is 0 Å². The van der Waals surface area contributed by atoms with Crippen LogP contribution in [0.15, 0.2) is 42.5 Å². The zero-order chi connectivity index (χ0) is 13.1. The number of amides is 1. The Labute approximate surface area is 103 Å². The zero-order valence-electron chi connectivity index (χ0n) is 9.39. The molecule has 4 nitrogen and oxygen atoms in total. The summed E-state index contributed by atoms with van der Waals surface area (Å²) in [5, 5.41) is 0. The van der Waals surface area contributed by atoms with E-state index in [1.165, 1.54) is 30.3 Å². The van der Waals surface area contributed by atoms with Gasteiger partial charge in [0.25, 0.3) is 0 Å². The average Bonchev–Trinajstić information content (AvgIpc) is 2.34. The molecule has 2 aromatic rings. The first-order valence-corrected chi connectivity index (χ1v) is 5.19. The number of benzene rings is 2. The fourth-order valence-corrected chi connectivity index (χ4v) is 1.41. The number of carbonyl (C=O) groups is 1. The van der Waals surface area contributed by atoms with Crippen LogP contribution in [0.1, 0.15) is 10.4 Å². The Balaban J connectivity index is 2.23. The quantitative estimate of drug-likeness (QED) is 0.815. The Hall–Kier alpha value is -2.56. The van der Waals surface area contributed by atoms with E-state index in [9.17, 15) is 9.18 Å². The van der Waals surface area contributed by atoms with E-state index in [2.05, 4.69) is 0 Å². The normalized spacial score (nSPS) is 10.1. The molecule has 0 bridgehead atoms. The van der Waals surface area contributed by atoms with E-state index in [0.717, 1.165) is 0 Å². The fraction of sp³-hybridized carbons (Fsp3) is 0. The molecular formula is C13H11FN2O2. The van der Waals surface area contributed by atoms with Gasteiger partial charge in [0, 0.05) is 11.6 Å². The molecule has 0 unspecified atom stereocenters. The predicted octanol–water partition coefficient (Wildman–Crippen LogP) is 2.30. The molecule has 1 amide bonds. The van der Waals surface area contributed by atoms with Crippen molar-refractivity contribution in [3.63, 3.8) is 0 Å².